The van der Waals surface area contributed by atoms with Gasteiger partial charge >= 0.3 is 0 Å². The second-order valence-electron chi connectivity index (χ2n) is 6.09. The van der Waals surface area contributed by atoms with Gasteiger partial charge in [-0.2, -0.15) is 0 Å². The predicted octanol–water partition coefficient (Wildman–Crippen LogP) is 6.38. The van der Waals surface area contributed by atoms with E-state index in [4.69, 9.17) is 0 Å². The van der Waals surface area contributed by atoms with Gasteiger partial charge in [0.05, 0.1) is 4.88 Å². The number of anilines is 1. The number of hydrogen-bond acceptors (Lipinski definition) is 4. The van der Waals surface area contributed by atoms with Crippen LogP contribution in [0.25, 0.3) is 20.3 Å². The molecular formula is C21H14F2N2OS2. The molecule has 0 radical (unpaired) electrons. The van der Waals surface area contributed by atoms with Gasteiger partial charge in [0.2, 0.25) is 0 Å². The highest BCUT2D eigenvalue weighted by molar-refractivity contribution is 7.23. The first kappa shape index (κ1) is 18.5. The van der Waals surface area contributed by atoms with Crippen molar-refractivity contribution in [2.24, 2.45) is 0 Å². The van der Waals surface area contributed by atoms with E-state index >= 15 is 0 Å². The fraction of sp³-hybridized carbons (Fsp3) is 0.0476. The summed E-state index contributed by atoms with van der Waals surface area (Å²) >= 11 is 3.25. The van der Waals surface area contributed by atoms with Crippen LogP contribution in [0, 0.1) is 18.6 Å². The summed E-state index contributed by atoms with van der Waals surface area (Å²) < 4.78 is 27.5. The van der Waals surface area contributed by atoms with Crippen molar-refractivity contribution in [1.29, 1.82) is 0 Å². The van der Waals surface area contributed by atoms with E-state index < -0.39 is 23.1 Å². The minimum Gasteiger partial charge on any atom is -0.322 e. The summed E-state index contributed by atoms with van der Waals surface area (Å²) in [5, 5.41) is 5.46. The summed E-state index contributed by atoms with van der Waals surface area (Å²) in [5.41, 5.74) is 2.01. The van der Waals surface area contributed by atoms with E-state index in [0.717, 1.165) is 38.0 Å². The molecule has 0 saturated carbocycles. The number of thiazole rings is 1. The first-order valence-electron chi connectivity index (χ1n) is 8.39. The third-order valence-corrected chi connectivity index (χ3v) is 6.38. The Kier molecular flexibility index (Phi) is 5.02. The van der Waals surface area contributed by atoms with Gasteiger partial charge in [0, 0.05) is 22.1 Å². The first-order valence-corrected chi connectivity index (χ1v) is 10.1. The van der Waals surface area contributed by atoms with E-state index in [1.54, 1.807) is 41.0 Å². The SMILES string of the molecule is Cc1cc(-c2nccs2)sc1-c1ccc(NC(=O)c2c(F)cccc2F)cc1. The number of halogens is 2. The van der Waals surface area contributed by atoms with Crippen LogP contribution >= 0.6 is 22.7 Å². The number of carbonyl (C=O) groups excluding carboxylic acids is 1. The van der Waals surface area contributed by atoms with Crippen molar-refractivity contribution in [1.82, 2.24) is 4.98 Å². The van der Waals surface area contributed by atoms with E-state index in [2.05, 4.69) is 16.4 Å². The zero-order valence-electron chi connectivity index (χ0n) is 14.7. The molecule has 4 aromatic rings. The van der Waals surface area contributed by atoms with E-state index in [9.17, 15) is 13.6 Å². The van der Waals surface area contributed by atoms with Crippen molar-refractivity contribution in [3.05, 3.63) is 82.9 Å². The van der Waals surface area contributed by atoms with E-state index in [-0.39, 0.29) is 0 Å². The standard InChI is InChI=1S/C21H14F2N2OS2/c1-12-11-17(21-24-9-10-27-21)28-19(12)13-5-7-14(8-6-13)25-20(26)18-15(22)3-2-4-16(18)23/h2-11H,1H3,(H,25,26). The van der Waals surface area contributed by atoms with Gasteiger partial charge in [0.1, 0.15) is 22.2 Å². The summed E-state index contributed by atoms with van der Waals surface area (Å²) in [6.07, 6.45) is 1.78. The summed E-state index contributed by atoms with van der Waals surface area (Å²) in [7, 11) is 0. The average Bonchev–Trinajstić information content (AvgIpc) is 3.32. The van der Waals surface area contributed by atoms with Crippen LogP contribution < -0.4 is 5.32 Å². The molecule has 0 aliphatic carbocycles. The Balaban J connectivity index is 1.56. The number of rotatable bonds is 4. The topological polar surface area (TPSA) is 42.0 Å². The summed E-state index contributed by atoms with van der Waals surface area (Å²) in [6.45, 7) is 2.04. The maximum atomic E-state index is 13.7. The highest BCUT2D eigenvalue weighted by Gasteiger charge is 2.17. The molecule has 0 unspecified atom stereocenters. The largest absolute Gasteiger partial charge is 0.322 e. The fourth-order valence-corrected chi connectivity index (χ4v) is 4.72. The van der Waals surface area contributed by atoms with E-state index in [1.165, 1.54) is 6.07 Å². The van der Waals surface area contributed by atoms with Crippen LogP contribution in [0.1, 0.15) is 15.9 Å². The smallest absolute Gasteiger partial charge is 0.261 e. The van der Waals surface area contributed by atoms with Crippen LogP contribution in [0.15, 0.2) is 60.1 Å². The molecule has 0 atom stereocenters. The van der Waals surface area contributed by atoms with E-state index in [1.807, 2.05) is 24.4 Å². The Morgan fingerprint density at radius 2 is 1.79 bits per heavy atom. The van der Waals surface area contributed by atoms with Gasteiger partial charge in [0.25, 0.3) is 5.91 Å². The molecule has 7 heteroatoms. The van der Waals surface area contributed by atoms with Crippen LogP contribution in [-0.4, -0.2) is 10.9 Å². The maximum absolute atomic E-state index is 13.7. The summed E-state index contributed by atoms with van der Waals surface area (Å²) in [6, 6.07) is 12.6. The first-order chi connectivity index (χ1) is 13.5. The van der Waals surface area contributed by atoms with Gasteiger partial charge < -0.3 is 5.32 Å². The molecule has 0 aliphatic rings. The quantitative estimate of drug-likeness (QED) is 0.423. The number of nitrogens with one attached hydrogen (secondary N) is 1. The number of thiophene rings is 1. The number of nitrogens with zero attached hydrogens (tertiary/aromatic N) is 1. The van der Waals surface area contributed by atoms with Crippen molar-refractivity contribution in [2.75, 3.05) is 5.32 Å². The molecule has 4 rings (SSSR count). The lowest BCUT2D eigenvalue weighted by Gasteiger charge is -2.08. The normalized spacial score (nSPS) is 10.8. The maximum Gasteiger partial charge on any atom is 0.261 e. The van der Waals surface area contributed by atoms with Gasteiger partial charge in [-0.3, -0.25) is 4.79 Å². The second kappa shape index (κ2) is 7.61. The minimum absolute atomic E-state index is 0.464. The molecule has 1 N–H and O–H groups in total. The second-order valence-corrected chi connectivity index (χ2v) is 8.03. The molecule has 0 aliphatic heterocycles. The van der Waals surface area contributed by atoms with Crippen LogP contribution in [0.2, 0.25) is 0 Å². The lowest BCUT2D eigenvalue weighted by atomic mass is 10.1. The number of aromatic nitrogens is 1. The van der Waals surface area contributed by atoms with Crippen molar-refractivity contribution >= 4 is 34.3 Å². The van der Waals surface area contributed by atoms with Gasteiger partial charge in [-0.15, -0.1) is 22.7 Å². The zero-order chi connectivity index (χ0) is 19.7. The molecule has 140 valence electrons. The molecule has 0 fully saturated rings. The molecule has 2 aromatic heterocycles. The third-order valence-electron chi connectivity index (χ3n) is 4.16. The average molecular weight is 412 g/mol. The molecule has 1 amide bonds. The monoisotopic (exact) mass is 412 g/mol. The number of benzene rings is 2. The molecule has 2 heterocycles. The molecule has 2 aromatic carbocycles. The van der Waals surface area contributed by atoms with Crippen LogP contribution in [0.5, 0.6) is 0 Å². The molecular weight excluding hydrogens is 398 g/mol. The Morgan fingerprint density at radius 3 is 2.43 bits per heavy atom. The van der Waals surface area contributed by atoms with Crippen LogP contribution in [0.4, 0.5) is 14.5 Å². The highest BCUT2D eigenvalue weighted by atomic mass is 32.1. The van der Waals surface area contributed by atoms with Gasteiger partial charge in [-0.1, -0.05) is 18.2 Å². The van der Waals surface area contributed by atoms with Crippen LogP contribution in [-0.2, 0) is 0 Å². The number of amides is 1. The lowest BCUT2D eigenvalue weighted by molar-refractivity contribution is 0.101. The Labute approximate surface area is 168 Å². The minimum atomic E-state index is -0.891. The molecule has 28 heavy (non-hydrogen) atoms. The number of hydrogen-bond donors (Lipinski definition) is 1. The van der Waals surface area contributed by atoms with E-state index in [0.29, 0.717) is 5.69 Å². The third kappa shape index (κ3) is 3.58. The van der Waals surface area contributed by atoms with Crippen LogP contribution in [0.3, 0.4) is 0 Å². The number of aryl methyl sites for hydroxylation is 1. The van der Waals surface area contributed by atoms with Gasteiger partial charge in [0.15, 0.2) is 0 Å². The molecule has 0 spiro atoms. The summed E-state index contributed by atoms with van der Waals surface area (Å²) in [5.74, 6) is -2.60. The van der Waals surface area contributed by atoms with Crippen molar-refractivity contribution in [3.63, 3.8) is 0 Å². The predicted molar refractivity (Wildman–Crippen MR) is 110 cm³/mol. The lowest BCUT2D eigenvalue weighted by Crippen LogP contribution is -2.15. The van der Waals surface area contributed by atoms with Gasteiger partial charge in [-0.05, 0) is 48.4 Å². The fourth-order valence-electron chi connectivity index (χ4n) is 2.83. The Bertz CT molecular complexity index is 1120. The van der Waals surface area contributed by atoms with Crippen molar-refractivity contribution in [2.45, 2.75) is 6.92 Å². The molecule has 0 bridgehead atoms. The van der Waals surface area contributed by atoms with Crippen molar-refractivity contribution < 1.29 is 13.6 Å². The molecule has 3 nitrogen and oxygen atoms in total. The zero-order valence-corrected chi connectivity index (χ0v) is 16.3. The van der Waals surface area contributed by atoms with Crippen molar-refractivity contribution in [3.8, 4) is 20.3 Å². The highest BCUT2D eigenvalue weighted by Crippen LogP contribution is 2.38. The number of carbonyl (C=O) groups is 1. The molecule has 0 saturated heterocycles. The summed E-state index contributed by atoms with van der Waals surface area (Å²) in [4.78, 5) is 18.8. The Morgan fingerprint density at radius 1 is 1.07 bits per heavy atom. The Hall–Kier alpha value is -2.90. The van der Waals surface area contributed by atoms with Gasteiger partial charge in [-0.25, -0.2) is 13.8 Å².